The van der Waals surface area contributed by atoms with E-state index < -0.39 is 15.1 Å². The normalized spacial score (nSPS) is 22.4. The predicted molar refractivity (Wildman–Crippen MR) is 71.3 cm³/mol. The van der Waals surface area contributed by atoms with Crippen LogP contribution in [0.15, 0.2) is 47.4 Å². The minimum Gasteiger partial charge on any atom is -0.469 e. The fourth-order valence-corrected chi connectivity index (χ4v) is 3.88. The molecule has 1 aliphatic rings. The SMILES string of the molecule is COC(=O)C[C@@H]1C=C[C@H](S(=O)(=O)c2ccccc2)C1. The highest BCUT2D eigenvalue weighted by Gasteiger charge is 2.32. The molecule has 0 amide bonds. The summed E-state index contributed by atoms with van der Waals surface area (Å²) in [6.07, 6.45) is 4.14. The van der Waals surface area contributed by atoms with E-state index in [4.69, 9.17) is 0 Å². The quantitative estimate of drug-likeness (QED) is 0.625. The summed E-state index contributed by atoms with van der Waals surface area (Å²) in [5.74, 6) is -0.372. The molecule has 19 heavy (non-hydrogen) atoms. The van der Waals surface area contributed by atoms with Gasteiger partial charge in [0.15, 0.2) is 9.84 Å². The first-order valence-corrected chi connectivity index (χ1v) is 7.62. The van der Waals surface area contributed by atoms with Crippen LogP contribution in [0, 0.1) is 5.92 Å². The Morgan fingerprint density at radius 2 is 1.95 bits per heavy atom. The van der Waals surface area contributed by atoms with Crippen LogP contribution in [-0.4, -0.2) is 26.7 Å². The standard InChI is InChI=1S/C14H16O4S/c1-18-14(15)10-11-7-8-13(9-11)19(16,17)12-5-3-2-4-6-12/h2-8,11,13H,9-10H2,1H3/t11-,13+/m1/s1. The van der Waals surface area contributed by atoms with Crippen molar-refractivity contribution in [2.24, 2.45) is 5.92 Å². The predicted octanol–water partition coefficient (Wildman–Crippen LogP) is 1.97. The van der Waals surface area contributed by atoms with Gasteiger partial charge in [-0.3, -0.25) is 4.79 Å². The van der Waals surface area contributed by atoms with Crippen molar-refractivity contribution in [3.63, 3.8) is 0 Å². The number of allylic oxidation sites excluding steroid dienone is 1. The third-order valence-electron chi connectivity index (χ3n) is 3.26. The van der Waals surface area contributed by atoms with Gasteiger partial charge >= 0.3 is 5.97 Å². The van der Waals surface area contributed by atoms with Crippen LogP contribution in [0.3, 0.4) is 0 Å². The van der Waals surface area contributed by atoms with E-state index in [0.717, 1.165) is 0 Å². The summed E-state index contributed by atoms with van der Waals surface area (Å²) in [5, 5.41) is -0.551. The van der Waals surface area contributed by atoms with E-state index in [-0.39, 0.29) is 18.3 Å². The fraction of sp³-hybridized carbons (Fsp3) is 0.357. The zero-order chi connectivity index (χ0) is 13.9. The Morgan fingerprint density at radius 3 is 2.58 bits per heavy atom. The lowest BCUT2D eigenvalue weighted by Gasteiger charge is -2.12. The zero-order valence-electron chi connectivity index (χ0n) is 10.7. The second-order valence-electron chi connectivity index (χ2n) is 4.56. The van der Waals surface area contributed by atoms with Crippen molar-refractivity contribution in [1.29, 1.82) is 0 Å². The van der Waals surface area contributed by atoms with E-state index in [0.29, 0.717) is 11.3 Å². The van der Waals surface area contributed by atoms with Gasteiger partial charge < -0.3 is 4.74 Å². The second kappa shape index (κ2) is 5.57. The molecule has 0 fully saturated rings. The number of hydrogen-bond donors (Lipinski definition) is 0. The molecule has 0 spiro atoms. The summed E-state index contributed by atoms with van der Waals surface area (Å²) in [7, 11) is -2.02. The van der Waals surface area contributed by atoms with E-state index >= 15 is 0 Å². The van der Waals surface area contributed by atoms with E-state index in [9.17, 15) is 13.2 Å². The number of ether oxygens (including phenoxy) is 1. The van der Waals surface area contributed by atoms with Crippen molar-refractivity contribution in [2.45, 2.75) is 23.0 Å². The number of carbonyl (C=O) groups excluding carboxylic acids is 1. The Kier molecular flexibility index (Phi) is 4.04. The first-order valence-electron chi connectivity index (χ1n) is 6.08. The van der Waals surface area contributed by atoms with Gasteiger partial charge in [-0.1, -0.05) is 30.4 Å². The summed E-state index contributed by atoms with van der Waals surface area (Å²) in [5.41, 5.74) is 0. The molecular formula is C14H16O4S. The molecule has 5 heteroatoms. The molecule has 2 atom stereocenters. The molecule has 4 nitrogen and oxygen atoms in total. The van der Waals surface area contributed by atoms with Crippen LogP contribution in [0.2, 0.25) is 0 Å². The molecular weight excluding hydrogens is 264 g/mol. The lowest BCUT2D eigenvalue weighted by molar-refractivity contribution is -0.141. The minimum atomic E-state index is -3.35. The van der Waals surface area contributed by atoms with Gasteiger partial charge in [0.25, 0.3) is 0 Å². The average molecular weight is 280 g/mol. The van der Waals surface area contributed by atoms with Crippen LogP contribution in [0.5, 0.6) is 0 Å². The van der Waals surface area contributed by atoms with Gasteiger partial charge in [-0.05, 0) is 24.5 Å². The Hall–Kier alpha value is -1.62. The van der Waals surface area contributed by atoms with Gasteiger partial charge in [0.1, 0.15) is 0 Å². The van der Waals surface area contributed by atoms with E-state index in [1.807, 2.05) is 0 Å². The van der Waals surface area contributed by atoms with Crippen molar-refractivity contribution < 1.29 is 17.9 Å². The summed E-state index contributed by atoms with van der Waals surface area (Å²) in [4.78, 5) is 11.5. The van der Waals surface area contributed by atoms with Crippen LogP contribution in [-0.2, 0) is 19.4 Å². The molecule has 0 aliphatic heterocycles. The summed E-state index contributed by atoms with van der Waals surface area (Å²) in [6, 6.07) is 8.38. The molecule has 0 radical (unpaired) electrons. The zero-order valence-corrected chi connectivity index (χ0v) is 11.5. The summed E-state index contributed by atoms with van der Waals surface area (Å²) >= 11 is 0. The van der Waals surface area contributed by atoms with Gasteiger partial charge in [0.2, 0.25) is 0 Å². The number of sulfone groups is 1. The summed E-state index contributed by atoms with van der Waals surface area (Å²) < 4.78 is 29.3. The second-order valence-corrected chi connectivity index (χ2v) is 6.72. The van der Waals surface area contributed by atoms with Gasteiger partial charge in [-0.15, -0.1) is 0 Å². The Balaban J connectivity index is 2.10. The summed E-state index contributed by atoms with van der Waals surface area (Å²) in [6.45, 7) is 0. The van der Waals surface area contributed by atoms with Gasteiger partial charge in [-0.25, -0.2) is 8.42 Å². The molecule has 0 N–H and O–H groups in total. The molecule has 0 saturated carbocycles. The van der Waals surface area contributed by atoms with Crippen LogP contribution >= 0.6 is 0 Å². The molecule has 0 heterocycles. The van der Waals surface area contributed by atoms with Crippen LogP contribution in [0.4, 0.5) is 0 Å². The van der Waals surface area contributed by atoms with Gasteiger partial charge in [-0.2, -0.15) is 0 Å². The van der Waals surface area contributed by atoms with E-state index in [1.54, 1.807) is 42.5 Å². The molecule has 0 unspecified atom stereocenters. The number of rotatable bonds is 4. The number of carbonyl (C=O) groups is 1. The Morgan fingerprint density at radius 1 is 1.26 bits per heavy atom. The number of benzene rings is 1. The first-order chi connectivity index (χ1) is 9.04. The highest BCUT2D eigenvalue weighted by atomic mass is 32.2. The molecule has 102 valence electrons. The van der Waals surface area contributed by atoms with Crippen LogP contribution in [0.1, 0.15) is 12.8 Å². The smallest absolute Gasteiger partial charge is 0.306 e. The monoisotopic (exact) mass is 280 g/mol. The Labute approximate surface area is 113 Å². The van der Waals surface area contributed by atoms with Crippen molar-refractivity contribution in [3.05, 3.63) is 42.5 Å². The molecule has 1 aromatic carbocycles. The Bertz CT molecular complexity index is 575. The van der Waals surface area contributed by atoms with Gasteiger partial charge in [0, 0.05) is 0 Å². The highest BCUT2D eigenvalue weighted by molar-refractivity contribution is 7.92. The molecule has 1 aliphatic carbocycles. The largest absolute Gasteiger partial charge is 0.469 e. The first kappa shape index (κ1) is 13.8. The lowest BCUT2D eigenvalue weighted by Crippen LogP contribution is -2.19. The van der Waals surface area contributed by atoms with E-state index in [2.05, 4.69) is 4.74 Å². The maximum Gasteiger partial charge on any atom is 0.306 e. The van der Waals surface area contributed by atoms with Crippen LogP contribution < -0.4 is 0 Å². The molecule has 0 saturated heterocycles. The number of hydrogen-bond acceptors (Lipinski definition) is 4. The number of esters is 1. The average Bonchev–Trinajstić information content (AvgIpc) is 2.89. The maximum atomic E-state index is 12.4. The topological polar surface area (TPSA) is 60.4 Å². The van der Waals surface area contributed by atoms with E-state index in [1.165, 1.54) is 7.11 Å². The third-order valence-corrected chi connectivity index (χ3v) is 5.34. The fourth-order valence-electron chi connectivity index (χ4n) is 2.20. The molecule has 2 rings (SSSR count). The van der Waals surface area contributed by atoms with Gasteiger partial charge in [0.05, 0.1) is 23.7 Å². The van der Waals surface area contributed by atoms with Crippen molar-refractivity contribution in [2.75, 3.05) is 7.11 Å². The van der Waals surface area contributed by atoms with Crippen LogP contribution in [0.25, 0.3) is 0 Å². The highest BCUT2D eigenvalue weighted by Crippen LogP contribution is 2.30. The lowest BCUT2D eigenvalue weighted by atomic mass is 10.1. The number of methoxy groups -OCH3 is 1. The van der Waals surface area contributed by atoms with Crippen molar-refractivity contribution in [1.82, 2.24) is 0 Å². The van der Waals surface area contributed by atoms with Crippen molar-refractivity contribution in [3.8, 4) is 0 Å². The van der Waals surface area contributed by atoms with Crippen molar-refractivity contribution >= 4 is 15.8 Å². The maximum absolute atomic E-state index is 12.4. The minimum absolute atomic E-state index is 0.0593. The third kappa shape index (κ3) is 3.04. The molecule has 0 bridgehead atoms. The molecule has 1 aromatic rings. The molecule has 0 aromatic heterocycles.